The van der Waals surface area contributed by atoms with Gasteiger partial charge < -0.3 is 9.64 Å². The summed E-state index contributed by atoms with van der Waals surface area (Å²) >= 11 is 7.61. The van der Waals surface area contributed by atoms with Gasteiger partial charge >= 0.3 is 5.97 Å². The van der Waals surface area contributed by atoms with Crippen molar-refractivity contribution in [1.82, 2.24) is 19.3 Å². The fourth-order valence-corrected chi connectivity index (χ4v) is 6.22. The second-order valence-electron chi connectivity index (χ2n) is 8.09. The van der Waals surface area contributed by atoms with E-state index in [-0.39, 0.29) is 29.6 Å². The highest BCUT2D eigenvalue weighted by Crippen LogP contribution is 2.42. The van der Waals surface area contributed by atoms with E-state index in [4.69, 9.17) is 21.3 Å². The number of carbonyl (C=O) groups excluding carboxylic acids is 1. The molecule has 13 heteroatoms. The number of methoxy groups -OCH3 is 1. The molecule has 34 heavy (non-hydrogen) atoms. The predicted molar refractivity (Wildman–Crippen MR) is 127 cm³/mol. The van der Waals surface area contributed by atoms with E-state index >= 15 is 0 Å². The van der Waals surface area contributed by atoms with Gasteiger partial charge in [0, 0.05) is 47.9 Å². The Bertz CT molecular complexity index is 1260. The van der Waals surface area contributed by atoms with Gasteiger partial charge in [-0.2, -0.15) is 17.9 Å². The molecule has 182 valence electrons. The Morgan fingerprint density at radius 2 is 2.15 bits per heavy atom. The van der Waals surface area contributed by atoms with Crippen LogP contribution in [0.2, 0.25) is 5.02 Å². The number of thiazole rings is 1. The van der Waals surface area contributed by atoms with Crippen LogP contribution >= 0.6 is 22.9 Å². The molecule has 2 aliphatic heterocycles. The molecule has 1 aromatic heterocycles. The number of esters is 1. The molecular formula is C21H23ClFN5O4S2. The maximum absolute atomic E-state index is 14.3. The third-order valence-electron chi connectivity index (χ3n) is 5.28. The maximum Gasteiger partial charge on any atom is 0.338 e. The van der Waals surface area contributed by atoms with Crippen molar-refractivity contribution in [3.63, 3.8) is 0 Å². The molecule has 2 N–H and O–H groups in total. The number of nitrogens with one attached hydrogen (secondary N) is 2. The molecule has 0 unspecified atom stereocenters. The first kappa shape index (κ1) is 24.7. The summed E-state index contributed by atoms with van der Waals surface area (Å²) in [6.07, 6.45) is 1.81. The molecule has 1 fully saturated rings. The number of carbonyl (C=O) groups is 1. The first-order valence-electron chi connectivity index (χ1n) is 10.4. The van der Waals surface area contributed by atoms with Gasteiger partial charge in [0.15, 0.2) is 10.8 Å². The number of fused-ring (bicyclic) bond motifs is 1. The summed E-state index contributed by atoms with van der Waals surface area (Å²) in [5.74, 6) is -0.851. The number of hydrogen-bond acceptors (Lipinski definition) is 8. The van der Waals surface area contributed by atoms with E-state index in [0.717, 1.165) is 0 Å². The summed E-state index contributed by atoms with van der Waals surface area (Å²) in [5.41, 5.74) is 0.997. The van der Waals surface area contributed by atoms with Crippen molar-refractivity contribution < 1.29 is 22.3 Å². The van der Waals surface area contributed by atoms with Gasteiger partial charge in [-0.05, 0) is 19.9 Å². The van der Waals surface area contributed by atoms with Crippen molar-refractivity contribution in [2.45, 2.75) is 38.4 Å². The molecule has 9 nitrogen and oxygen atoms in total. The number of amidine groups is 1. The lowest BCUT2D eigenvalue weighted by Crippen LogP contribution is -2.46. The molecule has 1 saturated heterocycles. The van der Waals surface area contributed by atoms with E-state index in [0.29, 0.717) is 22.1 Å². The highest BCUT2D eigenvalue weighted by atomic mass is 35.5. The van der Waals surface area contributed by atoms with Crippen molar-refractivity contribution >= 4 is 45.0 Å². The summed E-state index contributed by atoms with van der Waals surface area (Å²) in [5, 5.41) is 2.20. The Morgan fingerprint density at radius 1 is 1.38 bits per heavy atom. The first-order chi connectivity index (χ1) is 16.1. The molecule has 0 spiro atoms. The van der Waals surface area contributed by atoms with Crippen LogP contribution in [0, 0.1) is 5.82 Å². The molecular weight excluding hydrogens is 505 g/mol. The number of benzene rings is 1. The Balaban J connectivity index is 1.83. The summed E-state index contributed by atoms with van der Waals surface area (Å²) in [7, 11) is -2.55. The first-order valence-corrected chi connectivity index (χ1v) is 13.2. The van der Waals surface area contributed by atoms with Gasteiger partial charge in [0.1, 0.15) is 11.9 Å². The van der Waals surface area contributed by atoms with E-state index < -0.39 is 34.1 Å². The van der Waals surface area contributed by atoms with E-state index in [9.17, 15) is 17.6 Å². The van der Waals surface area contributed by atoms with Crippen molar-refractivity contribution in [3.05, 3.63) is 62.5 Å². The molecule has 0 aliphatic carbocycles. The van der Waals surface area contributed by atoms with Gasteiger partial charge in [-0.15, -0.1) is 11.3 Å². The number of rotatable bonds is 7. The molecule has 2 aliphatic rings. The van der Waals surface area contributed by atoms with E-state index in [1.807, 2.05) is 0 Å². The zero-order valence-corrected chi connectivity index (χ0v) is 21.0. The molecule has 0 amide bonds. The van der Waals surface area contributed by atoms with Crippen LogP contribution < -0.4 is 9.44 Å². The second-order valence-corrected chi connectivity index (χ2v) is 10.8. The third-order valence-corrected chi connectivity index (χ3v) is 7.87. The monoisotopic (exact) mass is 527 g/mol. The van der Waals surface area contributed by atoms with Crippen LogP contribution in [-0.4, -0.2) is 55.8 Å². The Hall–Kier alpha value is -2.38. The van der Waals surface area contributed by atoms with Gasteiger partial charge in [-0.1, -0.05) is 23.7 Å². The van der Waals surface area contributed by atoms with E-state index in [1.54, 1.807) is 36.4 Å². The highest BCUT2D eigenvalue weighted by Gasteiger charge is 2.43. The fourth-order valence-electron chi connectivity index (χ4n) is 4.07. The summed E-state index contributed by atoms with van der Waals surface area (Å²) < 4.78 is 49.5. The quantitative estimate of drug-likeness (QED) is 0.535. The predicted octanol–water partition coefficient (Wildman–Crippen LogP) is 2.77. The van der Waals surface area contributed by atoms with Gasteiger partial charge in [0.2, 0.25) is 0 Å². The van der Waals surface area contributed by atoms with Crippen molar-refractivity contribution in [2.24, 2.45) is 4.99 Å². The molecule has 0 bridgehead atoms. The second kappa shape index (κ2) is 9.70. The lowest BCUT2D eigenvalue weighted by Gasteiger charge is -2.31. The fraction of sp³-hybridized carbons (Fsp3) is 0.381. The zero-order chi connectivity index (χ0) is 24.6. The third kappa shape index (κ3) is 4.86. The molecule has 2 aromatic rings. The molecule has 0 radical (unpaired) electrons. The summed E-state index contributed by atoms with van der Waals surface area (Å²) in [4.78, 5) is 23.8. The SMILES string of the molecule is COC(=O)C1=C2C[C@H](NS(=O)(=O)NC(C)C)CN2C(c2nccs2)=N[C@H]1c1cccc(F)c1Cl. The van der Waals surface area contributed by atoms with Gasteiger partial charge in [-0.25, -0.2) is 14.2 Å². The highest BCUT2D eigenvalue weighted by molar-refractivity contribution is 7.87. The smallest absolute Gasteiger partial charge is 0.338 e. The number of hydrogen-bond donors (Lipinski definition) is 2. The van der Waals surface area contributed by atoms with E-state index in [1.165, 1.54) is 30.6 Å². The van der Waals surface area contributed by atoms with Crippen LogP contribution in [-0.2, 0) is 19.7 Å². The zero-order valence-electron chi connectivity index (χ0n) is 18.6. The average molecular weight is 528 g/mol. The minimum atomic E-state index is -3.79. The average Bonchev–Trinajstić information content (AvgIpc) is 3.42. The number of ether oxygens (including phenoxy) is 1. The number of aliphatic imine (C=N–C) groups is 1. The number of halogens is 2. The van der Waals surface area contributed by atoms with Crippen molar-refractivity contribution in [1.29, 1.82) is 0 Å². The van der Waals surface area contributed by atoms with Crippen LogP contribution in [0.25, 0.3) is 0 Å². The van der Waals surface area contributed by atoms with Crippen LogP contribution in [0.15, 0.2) is 46.0 Å². The van der Waals surface area contributed by atoms with E-state index in [2.05, 4.69) is 14.4 Å². The lowest BCUT2D eigenvalue weighted by atomic mass is 9.94. The minimum Gasteiger partial charge on any atom is -0.466 e. The molecule has 2 atom stereocenters. The van der Waals surface area contributed by atoms with Crippen molar-refractivity contribution in [2.75, 3.05) is 13.7 Å². The molecule has 4 rings (SSSR count). The van der Waals surface area contributed by atoms with Crippen molar-refractivity contribution in [3.8, 4) is 0 Å². The molecule has 3 heterocycles. The van der Waals surface area contributed by atoms with Gasteiger partial charge in [0.25, 0.3) is 10.2 Å². The Kier molecular flexibility index (Phi) is 7.06. The lowest BCUT2D eigenvalue weighted by molar-refractivity contribution is -0.136. The summed E-state index contributed by atoms with van der Waals surface area (Å²) in [6.45, 7) is 3.65. The topological polar surface area (TPSA) is 113 Å². The minimum absolute atomic E-state index is 0.151. The number of aromatic nitrogens is 1. The van der Waals surface area contributed by atoms with Crippen LogP contribution in [0.4, 0.5) is 4.39 Å². The summed E-state index contributed by atoms with van der Waals surface area (Å²) in [6, 6.07) is 2.50. The van der Waals surface area contributed by atoms with Gasteiger partial charge in [0.05, 0.1) is 17.7 Å². The van der Waals surface area contributed by atoms with Crippen LogP contribution in [0.3, 0.4) is 0 Å². The largest absolute Gasteiger partial charge is 0.466 e. The van der Waals surface area contributed by atoms with Crippen LogP contribution in [0.1, 0.15) is 36.9 Å². The Morgan fingerprint density at radius 3 is 2.79 bits per heavy atom. The standard InChI is InChI=1S/C21H23ClFN5O4S2/c1-11(2)26-34(30,31)27-12-9-15-16(21(29)32-3)18(13-5-4-6-14(23)17(13)22)25-19(28(15)10-12)20-24-7-8-33-20/h4-8,11-12,18,26-27H,9-10H2,1-3H3/t12-,18-/m0/s1. The normalized spacial score (nSPS) is 20.5. The van der Waals surface area contributed by atoms with Gasteiger partial charge in [-0.3, -0.25) is 4.99 Å². The Labute approximate surface area is 205 Å². The molecule has 1 aromatic carbocycles. The number of nitrogens with zero attached hydrogens (tertiary/aromatic N) is 3. The maximum atomic E-state index is 14.3. The molecule has 0 saturated carbocycles. The van der Waals surface area contributed by atoms with Crippen LogP contribution in [0.5, 0.6) is 0 Å².